The average molecular weight is 269 g/mol. The van der Waals surface area contributed by atoms with Gasteiger partial charge in [-0.3, -0.25) is 0 Å². The number of hydrogen-bond acceptors (Lipinski definition) is 4. The van der Waals surface area contributed by atoms with Crippen LogP contribution in [0.3, 0.4) is 0 Å². The number of aromatic nitrogens is 1. The van der Waals surface area contributed by atoms with Crippen LogP contribution in [0.1, 0.15) is 51.6 Å². The van der Waals surface area contributed by atoms with Gasteiger partial charge in [0.1, 0.15) is 0 Å². The molecule has 1 atom stereocenters. The molecule has 0 radical (unpaired) electrons. The summed E-state index contributed by atoms with van der Waals surface area (Å²) in [5, 5.41) is 4.66. The quantitative estimate of drug-likeness (QED) is 0.885. The summed E-state index contributed by atoms with van der Waals surface area (Å²) in [6.07, 6.45) is 1.14. The van der Waals surface area contributed by atoms with E-state index in [1.165, 1.54) is 4.88 Å². The number of nitrogens with zero attached hydrogens (tertiary/aromatic N) is 2. The molecule has 0 spiro atoms. The first-order valence-electron chi connectivity index (χ1n) is 6.68. The van der Waals surface area contributed by atoms with Crippen molar-refractivity contribution in [3.05, 3.63) is 10.6 Å². The predicted molar refractivity (Wildman–Crippen MR) is 81.6 cm³/mol. The lowest BCUT2D eigenvalue weighted by atomic mass is 10.1. The van der Waals surface area contributed by atoms with Crippen molar-refractivity contribution >= 4 is 16.5 Å². The van der Waals surface area contributed by atoms with Crippen LogP contribution in [0.2, 0.25) is 0 Å². The first-order valence-corrected chi connectivity index (χ1v) is 7.50. The monoisotopic (exact) mass is 269 g/mol. The highest BCUT2D eigenvalue weighted by Crippen LogP contribution is 2.27. The maximum atomic E-state index is 4.68. The maximum absolute atomic E-state index is 4.68. The second-order valence-electron chi connectivity index (χ2n) is 5.98. The molecule has 1 heterocycles. The Morgan fingerprint density at radius 3 is 2.50 bits per heavy atom. The normalized spacial score (nSPS) is 13.7. The molecule has 1 aromatic rings. The van der Waals surface area contributed by atoms with Gasteiger partial charge >= 0.3 is 0 Å². The maximum Gasteiger partial charge on any atom is 0.185 e. The van der Waals surface area contributed by atoms with Crippen molar-refractivity contribution < 1.29 is 0 Å². The third-order valence-corrected chi connectivity index (χ3v) is 4.46. The highest BCUT2D eigenvalue weighted by atomic mass is 32.1. The van der Waals surface area contributed by atoms with Crippen LogP contribution in [-0.2, 0) is 6.54 Å². The number of hydrogen-bond donors (Lipinski definition) is 1. The highest BCUT2D eigenvalue weighted by Gasteiger charge is 2.16. The van der Waals surface area contributed by atoms with E-state index in [9.17, 15) is 0 Å². The molecule has 1 rings (SSSR count). The number of nitrogens with one attached hydrogen (secondary N) is 1. The first-order chi connectivity index (χ1) is 8.24. The van der Waals surface area contributed by atoms with Gasteiger partial charge in [0.2, 0.25) is 0 Å². The summed E-state index contributed by atoms with van der Waals surface area (Å²) < 4.78 is 0. The standard InChI is InChI=1S/C14H27N3S/c1-8-10(2)17(7)13-16-11(3)12(18-13)9-15-14(4,5)6/h10,15H,8-9H2,1-7H3. The van der Waals surface area contributed by atoms with E-state index >= 15 is 0 Å². The molecule has 4 heteroatoms. The zero-order chi connectivity index (χ0) is 13.9. The number of thiazole rings is 1. The van der Waals surface area contributed by atoms with Gasteiger partial charge in [0.05, 0.1) is 5.69 Å². The fourth-order valence-corrected chi connectivity index (χ4v) is 2.60. The average Bonchev–Trinajstić information content (AvgIpc) is 2.65. The van der Waals surface area contributed by atoms with Crippen LogP contribution in [0.5, 0.6) is 0 Å². The molecule has 0 aromatic carbocycles. The van der Waals surface area contributed by atoms with E-state index in [1.54, 1.807) is 11.3 Å². The van der Waals surface area contributed by atoms with Crippen LogP contribution >= 0.6 is 11.3 Å². The Bertz CT molecular complexity index is 379. The molecular formula is C14H27N3S. The smallest absolute Gasteiger partial charge is 0.185 e. The molecule has 3 nitrogen and oxygen atoms in total. The Morgan fingerprint density at radius 1 is 1.39 bits per heavy atom. The molecule has 0 bridgehead atoms. The summed E-state index contributed by atoms with van der Waals surface area (Å²) in [5.74, 6) is 0. The van der Waals surface area contributed by atoms with Gasteiger partial charge in [-0.25, -0.2) is 4.98 Å². The van der Waals surface area contributed by atoms with Crippen molar-refractivity contribution in [2.45, 2.75) is 66.1 Å². The van der Waals surface area contributed by atoms with Crippen molar-refractivity contribution in [1.29, 1.82) is 0 Å². The molecule has 0 saturated carbocycles. The van der Waals surface area contributed by atoms with E-state index in [4.69, 9.17) is 0 Å². The molecule has 18 heavy (non-hydrogen) atoms. The second-order valence-corrected chi connectivity index (χ2v) is 7.04. The summed E-state index contributed by atoms with van der Waals surface area (Å²) in [5.41, 5.74) is 1.31. The van der Waals surface area contributed by atoms with Crippen LogP contribution in [0, 0.1) is 6.92 Å². The Kier molecular flexibility index (Phi) is 5.17. The molecule has 0 amide bonds. The minimum atomic E-state index is 0.152. The number of anilines is 1. The van der Waals surface area contributed by atoms with Crippen molar-refractivity contribution in [2.24, 2.45) is 0 Å². The Morgan fingerprint density at radius 2 is 2.00 bits per heavy atom. The Balaban J connectivity index is 2.75. The third-order valence-electron chi connectivity index (χ3n) is 3.21. The summed E-state index contributed by atoms with van der Waals surface area (Å²) >= 11 is 1.80. The van der Waals surface area contributed by atoms with Gasteiger partial charge in [-0.15, -0.1) is 11.3 Å². The highest BCUT2D eigenvalue weighted by molar-refractivity contribution is 7.15. The van der Waals surface area contributed by atoms with Gasteiger partial charge in [0, 0.05) is 30.1 Å². The molecule has 0 aliphatic rings. The molecule has 1 N–H and O–H groups in total. The van der Waals surface area contributed by atoms with E-state index in [0.717, 1.165) is 23.8 Å². The largest absolute Gasteiger partial charge is 0.348 e. The van der Waals surface area contributed by atoms with Crippen LogP contribution < -0.4 is 10.2 Å². The van der Waals surface area contributed by atoms with Gasteiger partial charge in [-0.05, 0) is 41.0 Å². The van der Waals surface area contributed by atoms with E-state index in [1.807, 2.05) is 0 Å². The van der Waals surface area contributed by atoms with E-state index in [-0.39, 0.29) is 5.54 Å². The lowest BCUT2D eigenvalue weighted by Gasteiger charge is -2.22. The molecule has 1 unspecified atom stereocenters. The van der Waals surface area contributed by atoms with Gasteiger partial charge < -0.3 is 10.2 Å². The first kappa shape index (κ1) is 15.4. The summed E-state index contributed by atoms with van der Waals surface area (Å²) in [4.78, 5) is 8.30. The molecule has 0 fully saturated rings. The topological polar surface area (TPSA) is 28.2 Å². The van der Waals surface area contributed by atoms with E-state index in [2.05, 4.69) is 63.8 Å². The molecule has 0 saturated heterocycles. The fraction of sp³-hybridized carbons (Fsp3) is 0.786. The molecule has 1 aromatic heterocycles. The number of aryl methyl sites for hydroxylation is 1. The van der Waals surface area contributed by atoms with Crippen LogP contribution in [0.25, 0.3) is 0 Å². The van der Waals surface area contributed by atoms with Crippen LogP contribution in [0.15, 0.2) is 0 Å². The fourth-order valence-electron chi connectivity index (χ4n) is 1.54. The molecule has 0 aliphatic carbocycles. The van der Waals surface area contributed by atoms with Gasteiger partial charge in [-0.2, -0.15) is 0 Å². The number of rotatable bonds is 5. The zero-order valence-electron chi connectivity index (χ0n) is 12.8. The minimum Gasteiger partial charge on any atom is -0.348 e. The Hall–Kier alpha value is -0.610. The van der Waals surface area contributed by atoms with E-state index in [0.29, 0.717) is 6.04 Å². The summed E-state index contributed by atoms with van der Waals surface area (Å²) in [6.45, 7) is 14.0. The predicted octanol–water partition coefficient (Wildman–Crippen LogP) is 3.57. The second kappa shape index (κ2) is 6.02. The van der Waals surface area contributed by atoms with Crippen molar-refractivity contribution in [1.82, 2.24) is 10.3 Å². The van der Waals surface area contributed by atoms with Crippen LogP contribution in [0.4, 0.5) is 5.13 Å². The van der Waals surface area contributed by atoms with Gasteiger partial charge in [0.15, 0.2) is 5.13 Å². The van der Waals surface area contributed by atoms with Crippen molar-refractivity contribution in [3.8, 4) is 0 Å². The SMILES string of the molecule is CCC(C)N(C)c1nc(C)c(CNC(C)(C)C)s1. The minimum absolute atomic E-state index is 0.152. The molecular weight excluding hydrogens is 242 g/mol. The lowest BCUT2D eigenvalue weighted by Crippen LogP contribution is -2.34. The van der Waals surface area contributed by atoms with Crippen LogP contribution in [-0.4, -0.2) is 23.6 Å². The zero-order valence-corrected chi connectivity index (χ0v) is 13.6. The molecule has 104 valence electrons. The summed E-state index contributed by atoms with van der Waals surface area (Å²) in [7, 11) is 2.13. The van der Waals surface area contributed by atoms with Crippen molar-refractivity contribution in [3.63, 3.8) is 0 Å². The molecule has 0 aliphatic heterocycles. The van der Waals surface area contributed by atoms with E-state index < -0.39 is 0 Å². The lowest BCUT2D eigenvalue weighted by molar-refractivity contribution is 0.425. The summed E-state index contributed by atoms with van der Waals surface area (Å²) in [6, 6.07) is 0.541. The van der Waals surface area contributed by atoms with Crippen molar-refractivity contribution in [2.75, 3.05) is 11.9 Å². The van der Waals surface area contributed by atoms with Gasteiger partial charge in [-0.1, -0.05) is 6.92 Å². The Labute approximate surface area is 116 Å². The third kappa shape index (κ3) is 4.25. The van der Waals surface area contributed by atoms with Gasteiger partial charge in [0.25, 0.3) is 0 Å².